The van der Waals surface area contributed by atoms with E-state index in [9.17, 15) is 43.2 Å². The quantitative estimate of drug-likeness (QED) is 0.0222. The van der Waals surface area contributed by atoms with E-state index in [1.54, 1.807) is 0 Å². The van der Waals surface area contributed by atoms with Gasteiger partial charge in [0.1, 0.15) is 19.3 Å². The van der Waals surface area contributed by atoms with Crippen LogP contribution in [0.5, 0.6) is 0 Å². The average molecular weight is 1480 g/mol. The fourth-order valence-corrected chi connectivity index (χ4v) is 14.3. The number of aliphatic hydroxyl groups excluding tert-OH is 1. The van der Waals surface area contributed by atoms with Gasteiger partial charge in [0.05, 0.1) is 26.4 Å². The highest BCUT2D eigenvalue weighted by atomic mass is 31.2. The first-order valence-corrected chi connectivity index (χ1v) is 45.6. The fourth-order valence-electron chi connectivity index (χ4n) is 12.8. The van der Waals surface area contributed by atoms with Gasteiger partial charge in [0.25, 0.3) is 0 Å². The zero-order valence-corrected chi connectivity index (χ0v) is 67.8. The molecule has 0 heterocycles. The molecule has 0 aromatic heterocycles. The van der Waals surface area contributed by atoms with E-state index in [0.29, 0.717) is 25.7 Å². The number of hydrogen-bond donors (Lipinski definition) is 3. The highest BCUT2D eigenvalue weighted by molar-refractivity contribution is 7.47. The molecule has 101 heavy (non-hydrogen) atoms. The summed E-state index contributed by atoms with van der Waals surface area (Å²) in [6.07, 6.45) is 66.8. The maximum atomic E-state index is 13.1. The van der Waals surface area contributed by atoms with Crippen molar-refractivity contribution < 1.29 is 80.2 Å². The predicted octanol–water partition coefficient (Wildman–Crippen LogP) is 24.8. The van der Waals surface area contributed by atoms with Crippen LogP contribution < -0.4 is 0 Å². The number of unbranched alkanes of at least 4 members (excludes halogenated alkanes) is 54. The van der Waals surface area contributed by atoms with E-state index in [2.05, 4.69) is 34.6 Å². The van der Waals surface area contributed by atoms with Gasteiger partial charge >= 0.3 is 39.5 Å². The third-order valence-electron chi connectivity index (χ3n) is 19.3. The molecular weight excluding hydrogens is 1320 g/mol. The van der Waals surface area contributed by atoms with Crippen LogP contribution >= 0.6 is 15.6 Å². The molecule has 5 atom stereocenters. The lowest BCUT2D eigenvalue weighted by Crippen LogP contribution is -2.30. The molecular formula is C82H160O17P2. The first-order valence-electron chi connectivity index (χ1n) is 42.6. The Kier molecular flexibility index (Phi) is 73.5. The molecule has 0 rings (SSSR count). The maximum Gasteiger partial charge on any atom is 0.472 e. The summed E-state index contributed by atoms with van der Waals surface area (Å²) in [5.74, 6) is -1.32. The molecule has 2 unspecified atom stereocenters. The highest BCUT2D eigenvalue weighted by Gasteiger charge is 2.30. The van der Waals surface area contributed by atoms with Crippen LogP contribution in [0, 0.1) is 5.92 Å². The summed E-state index contributed by atoms with van der Waals surface area (Å²) in [4.78, 5) is 72.9. The summed E-state index contributed by atoms with van der Waals surface area (Å²) < 4.78 is 68.6. The summed E-state index contributed by atoms with van der Waals surface area (Å²) in [7, 11) is -9.91. The Morgan fingerprint density at radius 1 is 0.267 bits per heavy atom. The molecule has 3 N–H and O–H groups in total. The highest BCUT2D eigenvalue weighted by Crippen LogP contribution is 2.45. The molecule has 0 spiro atoms. The Morgan fingerprint density at radius 3 is 0.673 bits per heavy atom. The van der Waals surface area contributed by atoms with Gasteiger partial charge in [0.15, 0.2) is 12.2 Å². The molecule has 0 saturated carbocycles. The Balaban J connectivity index is 5.17. The van der Waals surface area contributed by atoms with Crippen LogP contribution in [0.3, 0.4) is 0 Å². The standard InChI is InChI=1S/C82H160O17P2/c1-6-9-12-15-18-20-22-24-26-28-30-32-34-38-42-46-51-56-61-66-80(85)93-72-78(99-82(87)67-62-57-52-47-43-39-35-33-31-29-27-25-23-21-19-16-13-10-7-2)74-97-101(90,91)95-70-76(83)69-94-100(88,89)96-73-77(71-92-79(84)65-60-55-49-17-14-11-8-3)98-81(86)68-63-58-53-48-44-40-36-37-41-45-50-54-59-64-75(4)5/h75-78,83H,6-74H2,1-5H3,(H,88,89)(H,90,91)/t76-,77+,78+/m0/s1. The van der Waals surface area contributed by atoms with E-state index < -0.39 is 97.5 Å². The first-order chi connectivity index (χ1) is 49.0. The van der Waals surface area contributed by atoms with Crippen LogP contribution in [-0.4, -0.2) is 96.7 Å². The van der Waals surface area contributed by atoms with Crippen LogP contribution in [0.25, 0.3) is 0 Å². The monoisotopic (exact) mass is 1480 g/mol. The zero-order chi connectivity index (χ0) is 74.1. The number of hydrogen-bond acceptors (Lipinski definition) is 15. The van der Waals surface area contributed by atoms with Crippen molar-refractivity contribution in [2.45, 2.75) is 457 Å². The van der Waals surface area contributed by atoms with Crippen molar-refractivity contribution >= 4 is 39.5 Å². The first kappa shape index (κ1) is 99.1. The minimum absolute atomic E-state index is 0.107. The molecule has 0 fully saturated rings. The second-order valence-corrected chi connectivity index (χ2v) is 32.9. The third-order valence-corrected chi connectivity index (χ3v) is 21.2. The second-order valence-electron chi connectivity index (χ2n) is 30.0. The van der Waals surface area contributed by atoms with Gasteiger partial charge in [-0.1, -0.05) is 388 Å². The van der Waals surface area contributed by atoms with Gasteiger partial charge in [0, 0.05) is 25.7 Å². The lowest BCUT2D eigenvalue weighted by Gasteiger charge is -2.21. The molecule has 0 amide bonds. The van der Waals surface area contributed by atoms with Gasteiger partial charge in [-0.25, -0.2) is 9.13 Å². The number of rotatable bonds is 82. The van der Waals surface area contributed by atoms with Gasteiger partial charge in [0.2, 0.25) is 0 Å². The summed E-state index contributed by atoms with van der Waals surface area (Å²) in [5.41, 5.74) is 0. The molecule has 17 nitrogen and oxygen atoms in total. The molecule has 600 valence electrons. The van der Waals surface area contributed by atoms with Crippen LogP contribution in [0.15, 0.2) is 0 Å². The lowest BCUT2D eigenvalue weighted by atomic mass is 10.0. The van der Waals surface area contributed by atoms with Crippen LogP contribution in [-0.2, 0) is 65.4 Å². The van der Waals surface area contributed by atoms with Gasteiger partial charge in [-0.3, -0.25) is 37.3 Å². The Morgan fingerprint density at radius 2 is 0.455 bits per heavy atom. The minimum Gasteiger partial charge on any atom is -0.462 e. The molecule has 0 aromatic carbocycles. The second kappa shape index (κ2) is 74.9. The molecule has 0 aromatic rings. The number of esters is 4. The molecule has 0 aliphatic heterocycles. The Hall–Kier alpha value is -1.94. The van der Waals surface area contributed by atoms with Gasteiger partial charge in [-0.2, -0.15) is 0 Å². The third kappa shape index (κ3) is 76.1. The topological polar surface area (TPSA) is 237 Å². The predicted molar refractivity (Wildman–Crippen MR) is 414 cm³/mol. The molecule has 0 aliphatic carbocycles. The molecule has 19 heteroatoms. The van der Waals surface area contributed by atoms with Crippen molar-refractivity contribution in [1.29, 1.82) is 0 Å². The SMILES string of the molecule is CCCCCCCCCCCCCCCCCCCCCC(=O)OC[C@H](COP(=O)(O)OC[C@@H](O)COP(=O)(O)OC[C@@H](COC(=O)CCCCCCCCC)OC(=O)CCCCCCCCCCCCCCCC(C)C)OC(=O)CCCCCCCCCCCCCCCCCCCCC. The van der Waals surface area contributed by atoms with E-state index in [-0.39, 0.29) is 25.7 Å². The van der Waals surface area contributed by atoms with Crippen molar-refractivity contribution in [2.75, 3.05) is 39.6 Å². The van der Waals surface area contributed by atoms with E-state index >= 15 is 0 Å². The van der Waals surface area contributed by atoms with Crippen molar-refractivity contribution in [3.05, 3.63) is 0 Å². The summed E-state index contributed by atoms with van der Waals surface area (Å²) in [6.45, 7) is 7.31. The van der Waals surface area contributed by atoms with Gasteiger partial charge in [-0.05, 0) is 31.6 Å². The average Bonchev–Trinajstić information content (AvgIpc) is 0.965. The van der Waals surface area contributed by atoms with Crippen molar-refractivity contribution in [3.63, 3.8) is 0 Å². The molecule has 0 bridgehead atoms. The summed E-state index contributed by atoms with van der Waals surface area (Å²) in [5, 5.41) is 10.6. The van der Waals surface area contributed by atoms with E-state index in [0.717, 1.165) is 109 Å². The van der Waals surface area contributed by atoms with Gasteiger partial charge in [-0.15, -0.1) is 0 Å². The largest absolute Gasteiger partial charge is 0.472 e. The Bertz CT molecular complexity index is 1930. The molecule has 0 aliphatic rings. The maximum absolute atomic E-state index is 13.1. The number of phosphoric acid groups is 2. The minimum atomic E-state index is -4.96. The van der Waals surface area contributed by atoms with E-state index in [1.165, 1.54) is 250 Å². The normalized spacial score (nSPS) is 13.8. The number of carbonyl (C=O) groups is 4. The smallest absolute Gasteiger partial charge is 0.462 e. The lowest BCUT2D eigenvalue weighted by molar-refractivity contribution is -0.161. The number of carbonyl (C=O) groups excluding carboxylic acids is 4. The molecule has 0 saturated heterocycles. The van der Waals surface area contributed by atoms with E-state index in [1.807, 2.05) is 0 Å². The number of phosphoric ester groups is 2. The van der Waals surface area contributed by atoms with Crippen LogP contribution in [0.2, 0.25) is 0 Å². The molecule has 0 radical (unpaired) electrons. The number of aliphatic hydroxyl groups is 1. The summed E-state index contributed by atoms with van der Waals surface area (Å²) >= 11 is 0. The number of ether oxygens (including phenoxy) is 4. The van der Waals surface area contributed by atoms with Crippen LogP contribution in [0.4, 0.5) is 0 Å². The van der Waals surface area contributed by atoms with Gasteiger partial charge < -0.3 is 33.8 Å². The Labute approximate surface area is 619 Å². The van der Waals surface area contributed by atoms with E-state index in [4.69, 9.17) is 37.0 Å². The summed E-state index contributed by atoms with van der Waals surface area (Å²) in [6, 6.07) is 0. The van der Waals surface area contributed by atoms with Crippen molar-refractivity contribution in [1.82, 2.24) is 0 Å². The fraction of sp³-hybridized carbons (Fsp3) is 0.951. The van der Waals surface area contributed by atoms with Crippen molar-refractivity contribution in [3.8, 4) is 0 Å². The zero-order valence-electron chi connectivity index (χ0n) is 66.1. The van der Waals surface area contributed by atoms with Crippen molar-refractivity contribution in [2.24, 2.45) is 5.92 Å². The van der Waals surface area contributed by atoms with Crippen LogP contribution in [0.1, 0.15) is 439 Å².